The second kappa shape index (κ2) is 10.8. The zero-order chi connectivity index (χ0) is 25.0. The molecule has 3 heterocycles. The van der Waals surface area contributed by atoms with Gasteiger partial charge >= 0.3 is 0 Å². The largest absolute Gasteiger partial charge is 0.487 e. The number of rotatable bonds is 7. The molecule has 10 heteroatoms. The van der Waals surface area contributed by atoms with Crippen LogP contribution in [0.15, 0.2) is 66.3 Å². The van der Waals surface area contributed by atoms with Crippen LogP contribution in [0.5, 0.6) is 5.75 Å². The average Bonchev–Trinajstić information content (AvgIpc) is 2.86. The molecule has 0 saturated heterocycles. The van der Waals surface area contributed by atoms with Crippen molar-refractivity contribution in [3.05, 3.63) is 67.0 Å². The highest BCUT2D eigenvalue weighted by Crippen LogP contribution is 2.36. The van der Waals surface area contributed by atoms with Crippen LogP contribution in [0, 0.1) is 5.92 Å². The van der Waals surface area contributed by atoms with Crippen molar-refractivity contribution in [1.82, 2.24) is 24.2 Å². The summed E-state index contributed by atoms with van der Waals surface area (Å²) in [5, 5.41) is 9.82. The van der Waals surface area contributed by atoms with Gasteiger partial charge in [-0.15, -0.1) is 0 Å². The van der Waals surface area contributed by atoms with E-state index in [0.29, 0.717) is 13.1 Å². The predicted molar refractivity (Wildman–Crippen MR) is 132 cm³/mol. The Morgan fingerprint density at radius 1 is 1.14 bits per heavy atom. The van der Waals surface area contributed by atoms with Crippen molar-refractivity contribution >= 4 is 10.0 Å². The van der Waals surface area contributed by atoms with Crippen LogP contribution in [-0.2, 0) is 16.6 Å². The summed E-state index contributed by atoms with van der Waals surface area (Å²) in [4.78, 5) is 14.5. The third-order valence-corrected chi connectivity index (χ3v) is 8.27. The molecular formula is C25H31N5O4S. The van der Waals surface area contributed by atoms with Crippen LogP contribution in [0.3, 0.4) is 0 Å². The van der Waals surface area contributed by atoms with Gasteiger partial charge in [0, 0.05) is 61.9 Å². The van der Waals surface area contributed by atoms with E-state index in [1.807, 2.05) is 26.1 Å². The Balaban J connectivity index is 1.72. The minimum absolute atomic E-state index is 0.0899. The molecule has 9 nitrogen and oxygen atoms in total. The number of aliphatic hydroxyl groups excluding tert-OH is 1. The summed E-state index contributed by atoms with van der Waals surface area (Å²) < 4.78 is 35.1. The predicted octanol–water partition coefficient (Wildman–Crippen LogP) is 2.44. The second-order valence-corrected chi connectivity index (χ2v) is 10.9. The third kappa shape index (κ3) is 5.67. The fourth-order valence-electron chi connectivity index (χ4n) is 4.24. The molecule has 0 unspecified atom stereocenters. The third-order valence-electron chi connectivity index (χ3n) is 6.25. The monoisotopic (exact) mass is 497 g/mol. The highest BCUT2D eigenvalue weighted by molar-refractivity contribution is 7.89. The van der Waals surface area contributed by atoms with E-state index in [4.69, 9.17) is 4.74 Å². The van der Waals surface area contributed by atoms with Gasteiger partial charge in [-0.05, 0) is 49.4 Å². The van der Waals surface area contributed by atoms with Gasteiger partial charge in [0.2, 0.25) is 10.0 Å². The maximum atomic E-state index is 13.6. The van der Waals surface area contributed by atoms with Crippen LogP contribution in [0.25, 0.3) is 11.1 Å². The zero-order valence-corrected chi connectivity index (χ0v) is 21.0. The number of likely N-dealkylation sites (N-methyl/N-ethyl adjacent to an activating group) is 1. The van der Waals surface area contributed by atoms with Crippen LogP contribution >= 0.6 is 0 Å². The van der Waals surface area contributed by atoms with Crippen LogP contribution in [-0.4, -0.2) is 76.6 Å². The summed E-state index contributed by atoms with van der Waals surface area (Å²) in [6, 6.07) is 8.42. The van der Waals surface area contributed by atoms with E-state index < -0.39 is 16.1 Å². The van der Waals surface area contributed by atoms with Gasteiger partial charge < -0.3 is 9.84 Å². The normalized spacial score (nSPS) is 20.9. The summed E-state index contributed by atoms with van der Waals surface area (Å²) in [7, 11) is -1.88. The van der Waals surface area contributed by atoms with Gasteiger partial charge in [0.1, 0.15) is 23.1 Å². The van der Waals surface area contributed by atoms with Crippen LogP contribution in [0.2, 0.25) is 0 Å². The lowest BCUT2D eigenvalue weighted by Gasteiger charge is -2.37. The van der Waals surface area contributed by atoms with Crippen molar-refractivity contribution in [1.29, 1.82) is 0 Å². The van der Waals surface area contributed by atoms with E-state index in [1.54, 1.807) is 49.9 Å². The van der Waals surface area contributed by atoms with E-state index in [-0.39, 0.29) is 35.8 Å². The van der Waals surface area contributed by atoms with Gasteiger partial charge in [-0.25, -0.2) is 18.4 Å². The lowest BCUT2D eigenvalue weighted by molar-refractivity contribution is 0.0734. The molecule has 0 bridgehead atoms. The molecule has 2 aromatic heterocycles. The topological polar surface area (TPSA) is 109 Å². The van der Waals surface area contributed by atoms with E-state index in [0.717, 1.165) is 16.7 Å². The van der Waals surface area contributed by atoms with Gasteiger partial charge in [-0.3, -0.25) is 9.88 Å². The fourth-order valence-corrected chi connectivity index (χ4v) is 6.07. The second-order valence-electron chi connectivity index (χ2n) is 9.08. The molecule has 1 aliphatic rings. The number of sulfonamides is 1. The maximum absolute atomic E-state index is 13.6. The van der Waals surface area contributed by atoms with Crippen molar-refractivity contribution in [2.75, 3.05) is 26.7 Å². The minimum Gasteiger partial charge on any atom is -0.487 e. The van der Waals surface area contributed by atoms with E-state index in [2.05, 4.69) is 19.9 Å². The molecule has 1 aromatic carbocycles. The molecule has 3 atom stereocenters. The smallest absolute Gasteiger partial charge is 0.247 e. The molecule has 0 saturated carbocycles. The minimum atomic E-state index is -3.89. The number of benzene rings is 1. The highest BCUT2D eigenvalue weighted by atomic mass is 32.2. The summed E-state index contributed by atoms with van der Waals surface area (Å²) in [6.07, 6.45) is 8.04. The number of aliphatic hydroxyl groups is 1. The summed E-state index contributed by atoms with van der Waals surface area (Å²) in [5.41, 5.74) is 2.66. The molecule has 0 spiro atoms. The molecule has 1 N–H and O–H groups in total. The molecule has 0 fully saturated rings. The van der Waals surface area contributed by atoms with Crippen LogP contribution in [0.4, 0.5) is 0 Å². The Labute approximate surface area is 206 Å². The maximum Gasteiger partial charge on any atom is 0.247 e. The molecule has 0 aliphatic carbocycles. The lowest BCUT2D eigenvalue weighted by atomic mass is 10.0. The summed E-state index contributed by atoms with van der Waals surface area (Å²) in [5.74, 6) is 0.158. The number of nitrogens with zero attached hydrogens (tertiary/aromatic N) is 5. The molecule has 0 amide bonds. The van der Waals surface area contributed by atoms with Crippen molar-refractivity contribution in [3.8, 4) is 16.9 Å². The number of pyridine rings is 1. The van der Waals surface area contributed by atoms with Gasteiger partial charge in [0.15, 0.2) is 0 Å². The standard InChI is InChI=1S/C25H31N5O4S/c1-18-13-30(19(2)16-31)35(32,33)25-5-4-21(22-11-27-17-28-12-22)10-23(25)34-24(18)15-29(3)14-20-6-8-26-9-7-20/h4-12,17-19,24,31H,13-16H2,1-3H3/t18-,19+,24-/m1/s1. The first-order chi connectivity index (χ1) is 16.8. The Morgan fingerprint density at radius 2 is 1.86 bits per heavy atom. The van der Waals surface area contributed by atoms with Crippen molar-refractivity contribution in [2.24, 2.45) is 5.92 Å². The number of fused-ring (bicyclic) bond motifs is 1. The molecule has 1 aliphatic heterocycles. The Kier molecular flexibility index (Phi) is 7.75. The van der Waals surface area contributed by atoms with Gasteiger partial charge in [-0.1, -0.05) is 13.0 Å². The quantitative estimate of drug-likeness (QED) is 0.530. The Morgan fingerprint density at radius 3 is 2.54 bits per heavy atom. The SMILES string of the molecule is C[C@@H]1CN([C@@H](C)CO)S(=O)(=O)c2ccc(-c3cncnc3)cc2O[C@@H]1CN(C)Cc1ccncc1. The van der Waals surface area contributed by atoms with Gasteiger partial charge in [-0.2, -0.15) is 4.31 Å². The van der Waals surface area contributed by atoms with Crippen molar-refractivity contribution in [3.63, 3.8) is 0 Å². The summed E-state index contributed by atoms with van der Waals surface area (Å²) >= 11 is 0. The first-order valence-electron chi connectivity index (χ1n) is 11.6. The lowest BCUT2D eigenvalue weighted by Crippen LogP contribution is -2.49. The van der Waals surface area contributed by atoms with E-state index >= 15 is 0 Å². The summed E-state index contributed by atoms with van der Waals surface area (Å²) in [6.45, 7) is 4.96. The molecule has 4 rings (SSSR count). The fraction of sp³-hybridized carbons (Fsp3) is 0.400. The van der Waals surface area contributed by atoms with Gasteiger partial charge in [0.05, 0.1) is 6.61 Å². The number of hydrogen-bond donors (Lipinski definition) is 1. The van der Waals surface area contributed by atoms with E-state index in [1.165, 1.54) is 10.6 Å². The number of hydrogen-bond acceptors (Lipinski definition) is 8. The molecule has 0 radical (unpaired) electrons. The molecular weight excluding hydrogens is 466 g/mol. The number of aromatic nitrogens is 3. The number of ether oxygens (including phenoxy) is 1. The first kappa shape index (κ1) is 25.2. The van der Waals surface area contributed by atoms with Crippen LogP contribution < -0.4 is 4.74 Å². The van der Waals surface area contributed by atoms with Crippen LogP contribution in [0.1, 0.15) is 19.4 Å². The highest BCUT2D eigenvalue weighted by Gasteiger charge is 2.38. The Hall–Kier alpha value is -2.92. The zero-order valence-electron chi connectivity index (χ0n) is 20.2. The molecule has 186 valence electrons. The Bertz CT molecular complexity index is 1230. The van der Waals surface area contributed by atoms with Gasteiger partial charge in [0.25, 0.3) is 0 Å². The van der Waals surface area contributed by atoms with Crippen molar-refractivity contribution < 1.29 is 18.3 Å². The van der Waals surface area contributed by atoms with E-state index in [9.17, 15) is 13.5 Å². The molecule has 3 aromatic rings. The average molecular weight is 498 g/mol. The molecule has 35 heavy (non-hydrogen) atoms. The first-order valence-corrected chi connectivity index (χ1v) is 13.0. The van der Waals surface area contributed by atoms with Crippen molar-refractivity contribution in [2.45, 2.75) is 37.4 Å².